The number of thiazole rings is 1. The molecule has 0 fully saturated rings. The normalized spacial score (nSPS) is 12.4. The molecule has 1 atom stereocenters. The Hall–Kier alpha value is -0.910. The monoisotopic (exact) mass is 340 g/mol. The number of aryl methyl sites for hydroxylation is 1. The molecular formula is C14H17BrN2OS. The predicted octanol–water partition coefficient (Wildman–Crippen LogP) is 3.86. The van der Waals surface area contributed by atoms with E-state index in [4.69, 9.17) is 10.5 Å². The minimum absolute atomic E-state index is 0.0439. The van der Waals surface area contributed by atoms with Crippen molar-refractivity contribution in [3.8, 4) is 5.75 Å². The standard InChI is InChI=1S/C14H17BrN2OS/c1-9(16)12-7-11(15)3-4-13(12)18-6-5-14-10(2)17-8-19-14/h3-4,7-9H,5-6,16H2,1-2H3/t9-/m1/s1. The van der Waals surface area contributed by atoms with Crippen molar-refractivity contribution in [2.24, 2.45) is 5.73 Å². The van der Waals surface area contributed by atoms with Crippen LogP contribution in [0.1, 0.15) is 29.1 Å². The minimum Gasteiger partial charge on any atom is -0.493 e. The summed E-state index contributed by atoms with van der Waals surface area (Å²) >= 11 is 5.13. The summed E-state index contributed by atoms with van der Waals surface area (Å²) in [5.41, 5.74) is 9.96. The molecule has 2 N–H and O–H groups in total. The van der Waals surface area contributed by atoms with Crippen molar-refractivity contribution in [2.45, 2.75) is 26.3 Å². The number of nitrogens with two attached hydrogens (primary N) is 1. The molecule has 19 heavy (non-hydrogen) atoms. The first-order chi connectivity index (χ1) is 9.08. The molecule has 0 saturated heterocycles. The summed E-state index contributed by atoms with van der Waals surface area (Å²) < 4.78 is 6.88. The first-order valence-corrected chi connectivity index (χ1v) is 7.82. The number of hydrogen-bond donors (Lipinski definition) is 1. The number of rotatable bonds is 5. The molecule has 0 unspecified atom stereocenters. The lowest BCUT2D eigenvalue weighted by molar-refractivity contribution is 0.317. The van der Waals surface area contributed by atoms with E-state index in [0.717, 1.165) is 27.9 Å². The van der Waals surface area contributed by atoms with E-state index < -0.39 is 0 Å². The van der Waals surface area contributed by atoms with Crippen LogP contribution in [-0.4, -0.2) is 11.6 Å². The first-order valence-electron chi connectivity index (χ1n) is 6.14. The Morgan fingerprint density at radius 3 is 2.89 bits per heavy atom. The van der Waals surface area contributed by atoms with Gasteiger partial charge in [-0.15, -0.1) is 11.3 Å². The highest BCUT2D eigenvalue weighted by Crippen LogP contribution is 2.27. The number of benzene rings is 1. The van der Waals surface area contributed by atoms with E-state index >= 15 is 0 Å². The number of nitrogens with zero attached hydrogens (tertiary/aromatic N) is 1. The Morgan fingerprint density at radius 2 is 2.26 bits per heavy atom. The van der Waals surface area contributed by atoms with Gasteiger partial charge in [-0.05, 0) is 32.0 Å². The predicted molar refractivity (Wildman–Crippen MR) is 82.8 cm³/mol. The van der Waals surface area contributed by atoms with E-state index in [9.17, 15) is 0 Å². The quantitative estimate of drug-likeness (QED) is 0.898. The smallest absolute Gasteiger partial charge is 0.124 e. The molecule has 5 heteroatoms. The number of aromatic nitrogens is 1. The van der Waals surface area contributed by atoms with E-state index in [2.05, 4.69) is 20.9 Å². The van der Waals surface area contributed by atoms with E-state index in [1.807, 2.05) is 37.6 Å². The van der Waals surface area contributed by atoms with E-state index in [1.54, 1.807) is 11.3 Å². The lowest BCUT2D eigenvalue weighted by atomic mass is 10.1. The van der Waals surface area contributed by atoms with Gasteiger partial charge < -0.3 is 10.5 Å². The maximum atomic E-state index is 5.97. The summed E-state index contributed by atoms with van der Waals surface area (Å²) in [4.78, 5) is 5.51. The minimum atomic E-state index is -0.0439. The third-order valence-electron chi connectivity index (χ3n) is 2.89. The van der Waals surface area contributed by atoms with Gasteiger partial charge in [-0.2, -0.15) is 0 Å². The number of halogens is 1. The van der Waals surface area contributed by atoms with Crippen LogP contribution in [0.25, 0.3) is 0 Å². The highest BCUT2D eigenvalue weighted by Gasteiger charge is 2.09. The zero-order valence-corrected chi connectivity index (χ0v) is 13.4. The third-order valence-corrected chi connectivity index (χ3v) is 4.38. The molecule has 0 aliphatic carbocycles. The second kappa shape index (κ2) is 6.50. The maximum Gasteiger partial charge on any atom is 0.124 e. The van der Waals surface area contributed by atoms with Gasteiger partial charge in [-0.3, -0.25) is 0 Å². The van der Waals surface area contributed by atoms with Crippen molar-refractivity contribution in [1.29, 1.82) is 0 Å². The Labute approximate surface area is 125 Å². The molecule has 1 aromatic carbocycles. The van der Waals surface area contributed by atoms with Gasteiger partial charge in [0.2, 0.25) is 0 Å². The van der Waals surface area contributed by atoms with Crippen molar-refractivity contribution >= 4 is 27.3 Å². The van der Waals surface area contributed by atoms with Crippen LogP contribution < -0.4 is 10.5 Å². The fraction of sp³-hybridized carbons (Fsp3) is 0.357. The molecule has 3 nitrogen and oxygen atoms in total. The lowest BCUT2D eigenvalue weighted by Gasteiger charge is -2.14. The van der Waals surface area contributed by atoms with Gasteiger partial charge in [0.05, 0.1) is 17.8 Å². The van der Waals surface area contributed by atoms with Crippen molar-refractivity contribution in [3.05, 3.63) is 44.3 Å². The van der Waals surface area contributed by atoms with Crippen LogP contribution in [-0.2, 0) is 6.42 Å². The van der Waals surface area contributed by atoms with Gasteiger partial charge in [-0.1, -0.05) is 15.9 Å². The van der Waals surface area contributed by atoms with Gasteiger partial charge in [-0.25, -0.2) is 4.98 Å². The Bertz CT molecular complexity index is 554. The molecule has 0 amide bonds. The highest BCUT2D eigenvalue weighted by molar-refractivity contribution is 9.10. The second-order valence-electron chi connectivity index (χ2n) is 4.43. The maximum absolute atomic E-state index is 5.97. The molecule has 0 aliphatic heterocycles. The molecule has 2 rings (SSSR count). The summed E-state index contributed by atoms with van der Waals surface area (Å²) in [6.07, 6.45) is 0.880. The molecule has 0 radical (unpaired) electrons. The SMILES string of the molecule is Cc1ncsc1CCOc1ccc(Br)cc1[C@@H](C)N. The number of hydrogen-bond acceptors (Lipinski definition) is 4. The summed E-state index contributed by atoms with van der Waals surface area (Å²) in [7, 11) is 0. The molecule has 0 aliphatic rings. The van der Waals surface area contributed by atoms with Gasteiger partial charge in [0.1, 0.15) is 5.75 Å². The number of ether oxygens (including phenoxy) is 1. The van der Waals surface area contributed by atoms with Gasteiger partial charge in [0.25, 0.3) is 0 Å². The molecule has 1 heterocycles. The molecule has 1 aromatic heterocycles. The van der Waals surface area contributed by atoms with Crippen LogP contribution in [0, 0.1) is 6.92 Å². The van der Waals surface area contributed by atoms with Gasteiger partial charge in [0, 0.05) is 27.4 Å². The summed E-state index contributed by atoms with van der Waals surface area (Å²) in [5, 5.41) is 0. The Morgan fingerprint density at radius 1 is 1.47 bits per heavy atom. The molecule has 102 valence electrons. The molecule has 0 spiro atoms. The van der Waals surface area contributed by atoms with E-state index in [1.165, 1.54) is 4.88 Å². The second-order valence-corrected chi connectivity index (χ2v) is 6.29. The average Bonchev–Trinajstić information content (AvgIpc) is 2.77. The fourth-order valence-corrected chi connectivity index (χ4v) is 2.97. The fourth-order valence-electron chi connectivity index (χ4n) is 1.83. The Kier molecular flexibility index (Phi) is 4.96. The molecular weight excluding hydrogens is 324 g/mol. The largest absolute Gasteiger partial charge is 0.493 e. The first kappa shape index (κ1) is 14.5. The molecule has 2 aromatic rings. The average molecular weight is 341 g/mol. The highest BCUT2D eigenvalue weighted by atomic mass is 79.9. The summed E-state index contributed by atoms with van der Waals surface area (Å²) in [6.45, 7) is 4.63. The van der Waals surface area contributed by atoms with Crippen LogP contribution >= 0.6 is 27.3 Å². The van der Waals surface area contributed by atoms with Crippen molar-refractivity contribution in [1.82, 2.24) is 4.98 Å². The van der Waals surface area contributed by atoms with E-state index in [0.29, 0.717) is 6.61 Å². The van der Waals surface area contributed by atoms with Crippen LogP contribution in [0.4, 0.5) is 0 Å². The van der Waals surface area contributed by atoms with Crippen molar-refractivity contribution < 1.29 is 4.74 Å². The molecule has 0 saturated carbocycles. The van der Waals surface area contributed by atoms with Gasteiger partial charge in [0.15, 0.2) is 0 Å². The zero-order valence-electron chi connectivity index (χ0n) is 11.0. The van der Waals surface area contributed by atoms with Crippen molar-refractivity contribution in [3.63, 3.8) is 0 Å². The summed E-state index contributed by atoms with van der Waals surface area (Å²) in [6, 6.07) is 5.90. The van der Waals surface area contributed by atoms with E-state index in [-0.39, 0.29) is 6.04 Å². The Balaban J connectivity index is 2.01. The summed E-state index contributed by atoms with van der Waals surface area (Å²) in [5.74, 6) is 0.861. The van der Waals surface area contributed by atoms with Crippen molar-refractivity contribution in [2.75, 3.05) is 6.61 Å². The third kappa shape index (κ3) is 3.78. The van der Waals surface area contributed by atoms with Crippen LogP contribution in [0.3, 0.4) is 0 Å². The van der Waals surface area contributed by atoms with Gasteiger partial charge >= 0.3 is 0 Å². The molecule has 0 bridgehead atoms. The van der Waals surface area contributed by atoms with Crippen LogP contribution in [0.2, 0.25) is 0 Å². The topological polar surface area (TPSA) is 48.1 Å². The van der Waals surface area contributed by atoms with Crippen LogP contribution in [0.15, 0.2) is 28.2 Å². The zero-order chi connectivity index (χ0) is 13.8. The lowest BCUT2D eigenvalue weighted by Crippen LogP contribution is -2.09. The van der Waals surface area contributed by atoms with Crippen LogP contribution in [0.5, 0.6) is 5.75 Å².